The Morgan fingerprint density at radius 2 is 1.58 bits per heavy atom. The highest BCUT2D eigenvalue weighted by molar-refractivity contribution is 5.91. The molecule has 1 fully saturated rings. The molecular formula is C25H32N2O4. The average molecular weight is 425 g/mol. The fraction of sp³-hybridized carbons (Fsp3) is 0.400. The highest BCUT2D eigenvalue weighted by atomic mass is 16.5. The molecule has 1 aliphatic rings. The van der Waals surface area contributed by atoms with Crippen LogP contribution in [-0.2, 0) is 17.8 Å². The number of methoxy groups -OCH3 is 3. The molecule has 0 bridgehead atoms. The van der Waals surface area contributed by atoms with E-state index in [-0.39, 0.29) is 5.91 Å². The van der Waals surface area contributed by atoms with E-state index in [0.29, 0.717) is 30.3 Å². The standard InChI is InChI=1S/C25H32N2O4/c1-5-19-6-8-20(9-7-19)10-13-23(28)27-16-14-26(15-17-27)18-21-11-12-22(29-2)25(31-4)24(21)30-3/h6-13H,5,14-18H2,1-4H3/b13-10+. The monoisotopic (exact) mass is 424 g/mol. The van der Waals surface area contributed by atoms with Crippen LogP contribution in [-0.4, -0.2) is 63.2 Å². The third-order valence-corrected chi connectivity index (χ3v) is 5.67. The zero-order chi connectivity index (χ0) is 22.2. The number of carbonyl (C=O) groups is 1. The molecule has 1 saturated heterocycles. The lowest BCUT2D eigenvalue weighted by molar-refractivity contribution is -0.127. The molecule has 0 saturated carbocycles. The number of rotatable bonds is 8. The Balaban J connectivity index is 1.57. The second-order valence-corrected chi connectivity index (χ2v) is 7.52. The summed E-state index contributed by atoms with van der Waals surface area (Å²) in [6, 6.07) is 12.2. The molecule has 6 nitrogen and oxygen atoms in total. The summed E-state index contributed by atoms with van der Waals surface area (Å²) in [5.41, 5.74) is 3.38. The maximum atomic E-state index is 12.6. The van der Waals surface area contributed by atoms with E-state index in [1.807, 2.05) is 23.1 Å². The maximum absolute atomic E-state index is 12.6. The van der Waals surface area contributed by atoms with Crippen LogP contribution in [0.2, 0.25) is 0 Å². The number of aryl methyl sites for hydroxylation is 1. The van der Waals surface area contributed by atoms with Gasteiger partial charge in [-0.15, -0.1) is 0 Å². The molecule has 0 radical (unpaired) electrons. The molecule has 0 aromatic heterocycles. The Kier molecular flexibility index (Phi) is 7.95. The summed E-state index contributed by atoms with van der Waals surface area (Å²) in [4.78, 5) is 16.8. The average Bonchev–Trinajstić information content (AvgIpc) is 2.82. The number of piperazine rings is 1. The van der Waals surface area contributed by atoms with Crippen molar-refractivity contribution in [1.29, 1.82) is 0 Å². The zero-order valence-corrected chi connectivity index (χ0v) is 18.9. The molecule has 166 valence electrons. The molecule has 0 aliphatic carbocycles. The fourth-order valence-electron chi connectivity index (χ4n) is 3.79. The van der Waals surface area contributed by atoms with Gasteiger partial charge < -0.3 is 19.1 Å². The maximum Gasteiger partial charge on any atom is 0.246 e. The van der Waals surface area contributed by atoms with E-state index in [1.165, 1.54) is 5.56 Å². The molecule has 0 unspecified atom stereocenters. The van der Waals surface area contributed by atoms with Gasteiger partial charge in [-0.05, 0) is 29.7 Å². The topological polar surface area (TPSA) is 51.2 Å². The Bertz CT molecular complexity index is 900. The number of benzene rings is 2. The minimum atomic E-state index is 0.0583. The Hall–Kier alpha value is -2.99. The molecule has 2 aromatic rings. The first-order valence-electron chi connectivity index (χ1n) is 10.7. The molecule has 2 aromatic carbocycles. The van der Waals surface area contributed by atoms with Crippen molar-refractivity contribution in [1.82, 2.24) is 9.80 Å². The van der Waals surface area contributed by atoms with Crippen molar-refractivity contribution in [3.8, 4) is 17.2 Å². The molecule has 31 heavy (non-hydrogen) atoms. The highest BCUT2D eigenvalue weighted by Crippen LogP contribution is 2.40. The quantitative estimate of drug-likeness (QED) is 0.606. The van der Waals surface area contributed by atoms with Crippen molar-refractivity contribution in [3.05, 3.63) is 59.2 Å². The van der Waals surface area contributed by atoms with Crippen LogP contribution >= 0.6 is 0 Å². The number of ether oxygens (including phenoxy) is 3. The zero-order valence-electron chi connectivity index (χ0n) is 18.9. The van der Waals surface area contributed by atoms with Gasteiger partial charge in [0.05, 0.1) is 21.3 Å². The van der Waals surface area contributed by atoms with Gasteiger partial charge in [-0.25, -0.2) is 0 Å². The van der Waals surface area contributed by atoms with Crippen molar-refractivity contribution >= 4 is 12.0 Å². The summed E-state index contributed by atoms with van der Waals surface area (Å²) in [6.07, 6.45) is 4.58. The van der Waals surface area contributed by atoms with Crippen LogP contribution in [0.4, 0.5) is 0 Å². The minimum Gasteiger partial charge on any atom is -0.493 e. The largest absolute Gasteiger partial charge is 0.493 e. The van der Waals surface area contributed by atoms with Crippen LogP contribution < -0.4 is 14.2 Å². The van der Waals surface area contributed by atoms with Gasteiger partial charge in [0.15, 0.2) is 11.5 Å². The molecule has 1 aliphatic heterocycles. The van der Waals surface area contributed by atoms with E-state index in [0.717, 1.165) is 37.2 Å². The molecular weight excluding hydrogens is 392 g/mol. The van der Waals surface area contributed by atoms with E-state index in [1.54, 1.807) is 27.4 Å². The van der Waals surface area contributed by atoms with Crippen LogP contribution in [0.3, 0.4) is 0 Å². The third-order valence-electron chi connectivity index (χ3n) is 5.67. The van der Waals surface area contributed by atoms with Gasteiger partial charge in [0.25, 0.3) is 0 Å². The number of amides is 1. The Labute approximate surface area is 185 Å². The fourth-order valence-corrected chi connectivity index (χ4v) is 3.79. The molecule has 1 amide bonds. The van der Waals surface area contributed by atoms with E-state index < -0.39 is 0 Å². The summed E-state index contributed by atoms with van der Waals surface area (Å²) in [7, 11) is 4.86. The number of hydrogen-bond acceptors (Lipinski definition) is 5. The number of hydrogen-bond donors (Lipinski definition) is 0. The van der Waals surface area contributed by atoms with Crippen molar-refractivity contribution in [2.45, 2.75) is 19.9 Å². The first-order chi connectivity index (χ1) is 15.1. The lowest BCUT2D eigenvalue weighted by Crippen LogP contribution is -2.47. The van der Waals surface area contributed by atoms with Crippen molar-refractivity contribution < 1.29 is 19.0 Å². The number of carbonyl (C=O) groups excluding carboxylic acids is 1. The van der Waals surface area contributed by atoms with Crippen molar-refractivity contribution in [2.24, 2.45) is 0 Å². The van der Waals surface area contributed by atoms with E-state index in [2.05, 4.69) is 36.1 Å². The van der Waals surface area contributed by atoms with Crippen molar-refractivity contribution in [2.75, 3.05) is 47.5 Å². The van der Waals surface area contributed by atoms with Gasteiger partial charge in [-0.3, -0.25) is 9.69 Å². The van der Waals surface area contributed by atoms with E-state index >= 15 is 0 Å². The van der Waals surface area contributed by atoms with Crippen LogP contribution in [0, 0.1) is 0 Å². The lowest BCUT2D eigenvalue weighted by Gasteiger charge is -2.34. The molecule has 3 rings (SSSR count). The predicted molar refractivity (Wildman–Crippen MR) is 123 cm³/mol. The van der Waals surface area contributed by atoms with Gasteiger partial charge in [-0.2, -0.15) is 0 Å². The van der Waals surface area contributed by atoms with Gasteiger partial charge in [0.1, 0.15) is 0 Å². The first kappa shape index (κ1) is 22.7. The van der Waals surface area contributed by atoms with Crippen LogP contribution in [0.25, 0.3) is 6.08 Å². The lowest BCUT2D eigenvalue weighted by atomic mass is 10.1. The van der Waals surface area contributed by atoms with E-state index in [9.17, 15) is 4.79 Å². The Morgan fingerprint density at radius 3 is 2.16 bits per heavy atom. The van der Waals surface area contributed by atoms with Crippen LogP contribution in [0.1, 0.15) is 23.6 Å². The van der Waals surface area contributed by atoms with Gasteiger partial charge >= 0.3 is 0 Å². The minimum absolute atomic E-state index is 0.0583. The molecule has 0 atom stereocenters. The first-order valence-corrected chi connectivity index (χ1v) is 10.7. The van der Waals surface area contributed by atoms with Gasteiger partial charge in [-0.1, -0.05) is 37.3 Å². The predicted octanol–water partition coefficient (Wildman–Crippen LogP) is 3.63. The number of nitrogens with zero attached hydrogens (tertiary/aromatic N) is 2. The molecule has 0 spiro atoms. The molecule has 1 heterocycles. The smallest absolute Gasteiger partial charge is 0.246 e. The highest BCUT2D eigenvalue weighted by Gasteiger charge is 2.22. The second kappa shape index (κ2) is 10.9. The molecule has 0 N–H and O–H groups in total. The van der Waals surface area contributed by atoms with Crippen molar-refractivity contribution in [3.63, 3.8) is 0 Å². The van der Waals surface area contributed by atoms with Crippen LogP contribution in [0.5, 0.6) is 17.2 Å². The Morgan fingerprint density at radius 1 is 0.903 bits per heavy atom. The van der Waals surface area contributed by atoms with E-state index in [4.69, 9.17) is 14.2 Å². The van der Waals surface area contributed by atoms with Crippen LogP contribution in [0.15, 0.2) is 42.5 Å². The van der Waals surface area contributed by atoms with Gasteiger partial charge in [0.2, 0.25) is 11.7 Å². The summed E-state index contributed by atoms with van der Waals surface area (Å²) in [5.74, 6) is 2.00. The molecule has 6 heteroatoms. The second-order valence-electron chi connectivity index (χ2n) is 7.52. The summed E-state index contributed by atoms with van der Waals surface area (Å²) >= 11 is 0. The van der Waals surface area contributed by atoms with Gasteiger partial charge in [0, 0.05) is 44.4 Å². The summed E-state index contributed by atoms with van der Waals surface area (Å²) in [6.45, 7) is 5.88. The normalized spacial score (nSPS) is 14.6. The summed E-state index contributed by atoms with van der Waals surface area (Å²) in [5, 5.41) is 0. The SMILES string of the molecule is CCc1ccc(/C=C/C(=O)N2CCN(Cc3ccc(OC)c(OC)c3OC)CC2)cc1. The third kappa shape index (κ3) is 5.58. The summed E-state index contributed by atoms with van der Waals surface area (Å²) < 4.78 is 16.4.